The number of para-hydroxylation sites is 1. The highest BCUT2D eigenvalue weighted by Gasteiger charge is 2.07. The zero-order valence-corrected chi connectivity index (χ0v) is 14.1. The van der Waals surface area contributed by atoms with Crippen LogP contribution in [-0.2, 0) is 6.42 Å². The maximum Gasteiger partial charge on any atom is 0.252 e. The van der Waals surface area contributed by atoms with Crippen molar-refractivity contribution in [2.24, 2.45) is 0 Å². The summed E-state index contributed by atoms with van der Waals surface area (Å²) in [4.78, 5) is 11.9. The third-order valence-electron chi connectivity index (χ3n) is 3.19. The Kier molecular flexibility index (Phi) is 4.70. The molecule has 0 aliphatic rings. The molecule has 4 nitrogen and oxygen atoms in total. The number of thiophene rings is 1. The van der Waals surface area contributed by atoms with Crippen LogP contribution in [-0.4, -0.2) is 22.2 Å². The molecule has 112 valence electrons. The monoisotopic (exact) mass is 375 g/mol. The molecular formula is C16H14BrN3OS. The SMILES string of the molecule is O=C(NCCc1cnn(-c2ccccc2)c1)c1csc(Br)c1. The summed E-state index contributed by atoms with van der Waals surface area (Å²) < 4.78 is 2.80. The van der Waals surface area contributed by atoms with E-state index >= 15 is 0 Å². The van der Waals surface area contributed by atoms with Gasteiger partial charge in [0.25, 0.3) is 5.91 Å². The number of benzene rings is 1. The van der Waals surface area contributed by atoms with Gasteiger partial charge in [0.15, 0.2) is 0 Å². The zero-order valence-electron chi connectivity index (χ0n) is 11.7. The van der Waals surface area contributed by atoms with Gasteiger partial charge in [-0.15, -0.1) is 11.3 Å². The average molecular weight is 376 g/mol. The Morgan fingerprint density at radius 1 is 1.32 bits per heavy atom. The van der Waals surface area contributed by atoms with Crippen LogP contribution in [0.3, 0.4) is 0 Å². The van der Waals surface area contributed by atoms with E-state index in [1.54, 1.807) is 0 Å². The second-order valence-corrected chi connectivity index (χ2v) is 7.06. The summed E-state index contributed by atoms with van der Waals surface area (Å²) in [5, 5.41) is 9.10. The number of aromatic nitrogens is 2. The van der Waals surface area contributed by atoms with Crippen LogP contribution < -0.4 is 5.32 Å². The largest absolute Gasteiger partial charge is 0.352 e. The van der Waals surface area contributed by atoms with Crippen LogP contribution in [0.4, 0.5) is 0 Å². The van der Waals surface area contributed by atoms with E-state index < -0.39 is 0 Å². The van der Waals surface area contributed by atoms with Crippen molar-refractivity contribution in [3.05, 3.63) is 69.1 Å². The summed E-state index contributed by atoms with van der Waals surface area (Å²) >= 11 is 4.86. The number of amides is 1. The van der Waals surface area contributed by atoms with E-state index in [0.717, 1.165) is 21.5 Å². The fourth-order valence-electron chi connectivity index (χ4n) is 2.06. The van der Waals surface area contributed by atoms with E-state index in [1.807, 2.05) is 58.9 Å². The molecular weight excluding hydrogens is 362 g/mol. The summed E-state index contributed by atoms with van der Waals surface area (Å²) in [6.07, 6.45) is 4.58. The predicted molar refractivity (Wildman–Crippen MR) is 91.6 cm³/mol. The number of carbonyl (C=O) groups is 1. The minimum absolute atomic E-state index is 0.0441. The van der Waals surface area contributed by atoms with Crippen molar-refractivity contribution in [3.8, 4) is 5.69 Å². The van der Waals surface area contributed by atoms with Gasteiger partial charge in [-0.05, 0) is 46.1 Å². The van der Waals surface area contributed by atoms with Crippen molar-refractivity contribution in [2.45, 2.75) is 6.42 Å². The first-order valence-electron chi connectivity index (χ1n) is 6.83. The molecule has 0 bridgehead atoms. The Bertz CT molecular complexity index is 767. The molecule has 0 unspecified atom stereocenters. The molecule has 3 aromatic rings. The minimum atomic E-state index is -0.0441. The maximum absolute atomic E-state index is 11.9. The number of halogens is 1. The van der Waals surface area contributed by atoms with Crippen molar-refractivity contribution >= 4 is 33.2 Å². The Labute approximate surface area is 140 Å². The Morgan fingerprint density at radius 3 is 2.86 bits per heavy atom. The van der Waals surface area contributed by atoms with Gasteiger partial charge in [-0.25, -0.2) is 4.68 Å². The van der Waals surface area contributed by atoms with Crippen LogP contribution in [0.5, 0.6) is 0 Å². The summed E-state index contributed by atoms with van der Waals surface area (Å²) in [6, 6.07) is 11.8. The number of hydrogen-bond acceptors (Lipinski definition) is 3. The number of hydrogen-bond donors (Lipinski definition) is 1. The van der Waals surface area contributed by atoms with Gasteiger partial charge < -0.3 is 5.32 Å². The summed E-state index contributed by atoms with van der Waals surface area (Å²) in [5.74, 6) is -0.0441. The molecule has 0 saturated heterocycles. The lowest BCUT2D eigenvalue weighted by Gasteiger charge is -2.02. The minimum Gasteiger partial charge on any atom is -0.352 e. The topological polar surface area (TPSA) is 46.9 Å². The molecule has 2 heterocycles. The summed E-state index contributed by atoms with van der Waals surface area (Å²) in [5.41, 5.74) is 2.81. The van der Waals surface area contributed by atoms with Crippen molar-refractivity contribution in [3.63, 3.8) is 0 Å². The quantitative estimate of drug-likeness (QED) is 0.739. The first kappa shape index (κ1) is 15.0. The smallest absolute Gasteiger partial charge is 0.252 e. The molecule has 1 amide bonds. The molecule has 1 N–H and O–H groups in total. The predicted octanol–water partition coefficient (Wildman–Crippen LogP) is 3.67. The molecule has 0 aliphatic heterocycles. The van der Waals surface area contributed by atoms with Gasteiger partial charge in [-0.3, -0.25) is 4.79 Å². The fraction of sp³-hybridized carbons (Fsp3) is 0.125. The molecule has 22 heavy (non-hydrogen) atoms. The van der Waals surface area contributed by atoms with Gasteiger partial charge >= 0.3 is 0 Å². The van der Waals surface area contributed by atoms with Gasteiger partial charge in [0.1, 0.15) is 0 Å². The molecule has 6 heteroatoms. The number of rotatable bonds is 5. The third-order valence-corrected chi connectivity index (χ3v) is 4.69. The van der Waals surface area contributed by atoms with Crippen LogP contribution in [0.2, 0.25) is 0 Å². The van der Waals surface area contributed by atoms with Crippen LogP contribution in [0, 0.1) is 0 Å². The Morgan fingerprint density at radius 2 is 2.14 bits per heavy atom. The van der Waals surface area contributed by atoms with Gasteiger partial charge in [0.2, 0.25) is 0 Å². The van der Waals surface area contributed by atoms with Crippen molar-refractivity contribution in [2.75, 3.05) is 6.54 Å². The van der Waals surface area contributed by atoms with Gasteiger partial charge in [-0.1, -0.05) is 18.2 Å². The second-order valence-electron chi connectivity index (χ2n) is 4.77. The van der Waals surface area contributed by atoms with Crippen molar-refractivity contribution < 1.29 is 4.79 Å². The van der Waals surface area contributed by atoms with Gasteiger partial charge in [0.05, 0.1) is 21.2 Å². The lowest BCUT2D eigenvalue weighted by molar-refractivity contribution is 0.0954. The van der Waals surface area contributed by atoms with Crippen LogP contribution >= 0.6 is 27.3 Å². The highest BCUT2D eigenvalue weighted by Crippen LogP contribution is 2.20. The molecule has 1 aromatic carbocycles. The average Bonchev–Trinajstić information content (AvgIpc) is 3.17. The lowest BCUT2D eigenvalue weighted by atomic mass is 10.2. The first-order valence-corrected chi connectivity index (χ1v) is 8.51. The molecule has 2 aromatic heterocycles. The molecule has 0 radical (unpaired) electrons. The normalized spacial score (nSPS) is 10.6. The van der Waals surface area contributed by atoms with Crippen LogP contribution in [0.15, 0.2) is 58.0 Å². The number of nitrogens with zero attached hydrogens (tertiary/aromatic N) is 2. The summed E-state index contributed by atoms with van der Waals surface area (Å²) in [6.45, 7) is 0.590. The maximum atomic E-state index is 11.9. The van der Waals surface area contributed by atoms with Crippen molar-refractivity contribution in [1.29, 1.82) is 0 Å². The molecule has 3 rings (SSSR count). The first-order chi connectivity index (χ1) is 10.7. The van der Waals surface area contributed by atoms with Crippen LogP contribution in [0.25, 0.3) is 5.69 Å². The standard InChI is InChI=1S/C16H14BrN3OS/c17-15-8-13(11-22-15)16(21)18-7-6-12-9-19-20(10-12)14-4-2-1-3-5-14/h1-5,8-11H,6-7H2,(H,18,21). The van der Waals surface area contributed by atoms with Crippen LogP contribution in [0.1, 0.15) is 15.9 Å². The molecule has 0 spiro atoms. The Hall–Kier alpha value is -1.92. The van der Waals surface area contributed by atoms with E-state index in [1.165, 1.54) is 11.3 Å². The molecule has 0 atom stereocenters. The van der Waals surface area contributed by atoms with Gasteiger partial charge in [-0.2, -0.15) is 5.10 Å². The van der Waals surface area contributed by atoms with E-state index in [2.05, 4.69) is 26.3 Å². The molecule has 0 fully saturated rings. The van der Waals surface area contributed by atoms with E-state index in [0.29, 0.717) is 12.1 Å². The zero-order chi connectivity index (χ0) is 15.4. The highest BCUT2D eigenvalue weighted by atomic mass is 79.9. The number of nitrogens with one attached hydrogen (secondary N) is 1. The van der Waals surface area contributed by atoms with E-state index in [4.69, 9.17) is 0 Å². The third kappa shape index (κ3) is 3.64. The van der Waals surface area contributed by atoms with E-state index in [9.17, 15) is 4.79 Å². The summed E-state index contributed by atoms with van der Waals surface area (Å²) in [7, 11) is 0. The second kappa shape index (κ2) is 6.89. The number of carbonyl (C=O) groups excluding carboxylic acids is 1. The molecule has 0 aliphatic carbocycles. The van der Waals surface area contributed by atoms with Crippen molar-refractivity contribution in [1.82, 2.24) is 15.1 Å². The highest BCUT2D eigenvalue weighted by molar-refractivity contribution is 9.11. The fourth-order valence-corrected chi connectivity index (χ4v) is 3.20. The molecule has 0 saturated carbocycles. The lowest BCUT2D eigenvalue weighted by Crippen LogP contribution is -2.25. The Balaban J connectivity index is 1.54. The van der Waals surface area contributed by atoms with E-state index in [-0.39, 0.29) is 5.91 Å². The van der Waals surface area contributed by atoms with Gasteiger partial charge in [0, 0.05) is 18.1 Å².